The molecule has 0 atom stereocenters. The number of anilines is 1. The van der Waals surface area contributed by atoms with Crippen molar-refractivity contribution >= 4 is 16.5 Å². The van der Waals surface area contributed by atoms with E-state index in [1.165, 1.54) is 0 Å². The van der Waals surface area contributed by atoms with E-state index in [9.17, 15) is 5.11 Å². The molecule has 0 fully saturated rings. The Bertz CT molecular complexity index is 477. The Morgan fingerprint density at radius 2 is 2.00 bits per heavy atom. The van der Waals surface area contributed by atoms with E-state index in [1.807, 2.05) is 37.3 Å². The zero-order chi connectivity index (χ0) is 10.1. The molecule has 0 aliphatic carbocycles. The lowest BCUT2D eigenvalue weighted by Crippen LogP contribution is -1.94. The van der Waals surface area contributed by atoms with Crippen LogP contribution in [-0.2, 0) is 6.42 Å². The first kappa shape index (κ1) is 8.88. The maximum atomic E-state index is 9.85. The molecule has 2 rings (SSSR count). The third-order valence-corrected chi connectivity index (χ3v) is 2.53. The van der Waals surface area contributed by atoms with Crippen LogP contribution in [-0.4, -0.2) is 5.11 Å². The van der Waals surface area contributed by atoms with Crippen LogP contribution in [0.15, 0.2) is 30.3 Å². The molecular formula is C12H13NO. The van der Waals surface area contributed by atoms with E-state index >= 15 is 0 Å². The van der Waals surface area contributed by atoms with Crippen molar-refractivity contribution in [1.82, 2.24) is 0 Å². The SMILES string of the molecule is CCc1cc2ccccc2c(O)c1N. The average molecular weight is 187 g/mol. The smallest absolute Gasteiger partial charge is 0.146 e. The summed E-state index contributed by atoms with van der Waals surface area (Å²) in [4.78, 5) is 0. The zero-order valence-corrected chi connectivity index (χ0v) is 8.12. The Kier molecular flexibility index (Phi) is 2.04. The van der Waals surface area contributed by atoms with Crippen molar-refractivity contribution < 1.29 is 5.11 Å². The number of nitrogen functional groups attached to an aromatic ring is 1. The second-order valence-corrected chi connectivity index (χ2v) is 3.37. The number of fused-ring (bicyclic) bond motifs is 1. The minimum Gasteiger partial charge on any atom is -0.505 e. The summed E-state index contributed by atoms with van der Waals surface area (Å²) < 4.78 is 0. The second-order valence-electron chi connectivity index (χ2n) is 3.37. The van der Waals surface area contributed by atoms with Gasteiger partial charge in [-0.1, -0.05) is 31.2 Å². The van der Waals surface area contributed by atoms with E-state index in [2.05, 4.69) is 0 Å². The summed E-state index contributed by atoms with van der Waals surface area (Å²) in [6.45, 7) is 2.03. The molecule has 2 aromatic carbocycles. The van der Waals surface area contributed by atoms with Crippen molar-refractivity contribution in [2.24, 2.45) is 0 Å². The van der Waals surface area contributed by atoms with E-state index < -0.39 is 0 Å². The predicted octanol–water partition coefficient (Wildman–Crippen LogP) is 2.69. The number of nitrogens with two attached hydrogens (primary N) is 1. The lowest BCUT2D eigenvalue weighted by atomic mass is 10.0. The molecule has 0 bridgehead atoms. The average Bonchev–Trinajstić information content (AvgIpc) is 2.23. The fourth-order valence-electron chi connectivity index (χ4n) is 1.69. The Hall–Kier alpha value is -1.70. The topological polar surface area (TPSA) is 46.2 Å². The largest absolute Gasteiger partial charge is 0.505 e. The van der Waals surface area contributed by atoms with Gasteiger partial charge in [0, 0.05) is 5.39 Å². The van der Waals surface area contributed by atoms with Crippen LogP contribution in [0.1, 0.15) is 12.5 Å². The fourth-order valence-corrected chi connectivity index (χ4v) is 1.69. The molecule has 0 radical (unpaired) electrons. The number of rotatable bonds is 1. The number of phenolic OH excluding ortho intramolecular Hbond substituents is 1. The van der Waals surface area contributed by atoms with Crippen LogP contribution in [0.25, 0.3) is 10.8 Å². The first-order valence-electron chi connectivity index (χ1n) is 4.73. The van der Waals surface area contributed by atoms with Crippen LogP contribution >= 0.6 is 0 Å². The Morgan fingerprint density at radius 1 is 1.29 bits per heavy atom. The predicted molar refractivity (Wildman–Crippen MR) is 59.4 cm³/mol. The van der Waals surface area contributed by atoms with Gasteiger partial charge in [-0.3, -0.25) is 0 Å². The number of aromatic hydroxyl groups is 1. The summed E-state index contributed by atoms with van der Waals surface area (Å²) in [7, 11) is 0. The van der Waals surface area contributed by atoms with Crippen LogP contribution in [0.3, 0.4) is 0 Å². The monoisotopic (exact) mass is 187 g/mol. The number of phenols is 1. The highest BCUT2D eigenvalue weighted by Gasteiger charge is 2.07. The van der Waals surface area contributed by atoms with Gasteiger partial charge in [-0.2, -0.15) is 0 Å². The summed E-state index contributed by atoms with van der Waals surface area (Å²) in [6, 6.07) is 9.74. The number of hydrogen-bond acceptors (Lipinski definition) is 2. The molecular weight excluding hydrogens is 174 g/mol. The standard InChI is InChI=1S/C12H13NO/c1-2-8-7-9-5-3-4-6-10(9)12(14)11(8)13/h3-7,14H,2,13H2,1H3. The summed E-state index contributed by atoms with van der Waals surface area (Å²) in [5, 5.41) is 11.7. The molecule has 0 aromatic heterocycles. The maximum Gasteiger partial charge on any atom is 0.146 e. The van der Waals surface area contributed by atoms with E-state index in [-0.39, 0.29) is 5.75 Å². The molecule has 0 unspecified atom stereocenters. The zero-order valence-electron chi connectivity index (χ0n) is 8.12. The molecule has 14 heavy (non-hydrogen) atoms. The fraction of sp³-hybridized carbons (Fsp3) is 0.167. The van der Waals surface area contributed by atoms with E-state index in [4.69, 9.17) is 5.73 Å². The number of benzene rings is 2. The van der Waals surface area contributed by atoms with Gasteiger partial charge in [0.2, 0.25) is 0 Å². The Labute approximate surface area is 83.0 Å². The maximum absolute atomic E-state index is 9.85. The van der Waals surface area contributed by atoms with Crippen LogP contribution < -0.4 is 5.73 Å². The third-order valence-electron chi connectivity index (χ3n) is 2.53. The van der Waals surface area contributed by atoms with Gasteiger partial charge in [0.15, 0.2) is 0 Å². The lowest BCUT2D eigenvalue weighted by molar-refractivity contribution is 0.483. The van der Waals surface area contributed by atoms with Gasteiger partial charge in [-0.25, -0.2) is 0 Å². The van der Waals surface area contributed by atoms with Crippen molar-refractivity contribution in [3.8, 4) is 5.75 Å². The van der Waals surface area contributed by atoms with Crippen LogP contribution in [0.4, 0.5) is 5.69 Å². The summed E-state index contributed by atoms with van der Waals surface area (Å²) in [5.41, 5.74) is 7.32. The first-order chi connectivity index (χ1) is 6.74. The quantitative estimate of drug-likeness (QED) is 0.532. The molecule has 0 heterocycles. The van der Waals surface area contributed by atoms with Crippen molar-refractivity contribution in [3.05, 3.63) is 35.9 Å². The van der Waals surface area contributed by atoms with Gasteiger partial charge in [0.25, 0.3) is 0 Å². The van der Waals surface area contributed by atoms with Crippen LogP contribution in [0, 0.1) is 0 Å². The number of aryl methyl sites for hydroxylation is 1. The normalized spacial score (nSPS) is 10.6. The summed E-state index contributed by atoms with van der Waals surface area (Å²) >= 11 is 0. The van der Waals surface area contributed by atoms with Crippen molar-refractivity contribution in [3.63, 3.8) is 0 Å². The molecule has 0 aliphatic rings. The molecule has 3 N–H and O–H groups in total. The molecule has 0 saturated heterocycles. The molecule has 0 spiro atoms. The summed E-state index contributed by atoms with van der Waals surface area (Å²) in [5.74, 6) is 0.208. The van der Waals surface area contributed by atoms with Gasteiger partial charge >= 0.3 is 0 Å². The molecule has 2 nitrogen and oxygen atoms in total. The minimum absolute atomic E-state index is 0.208. The number of hydrogen-bond donors (Lipinski definition) is 2. The minimum atomic E-state index is 0.208. The van der Waals surface area contributed by atoms with Crippen molar-refractivity contribution in [2.45, 2.75) is 13.3 Å². The van der Waals surface area contributed by atoms with Gasteiger partial charge in [0.1, 0.15) is 5.75 Å². The molecule has 0 amide bonds. The van der Waals surface area contributed by atoms with E-state index in [0.717, 1.165) is 22.8 Å². The highest BCUT2D eigenvalue weighted by Crippen LogP contribution is 2.33. The molecule has 2 aromatic rings. The third kappa shape index (κ3) is 1.20. The second kappa shape index (κ2) is 3.22. The van der Waals surface area contributed by atoms with Gasteiger partial charge in [-0.05, 0) is 23.4 Å². The van der Waals surface area contributed by atoms with E-state index in [0.29, 0.717) is 5.69 Å². The van der Waals surface area contributed by atoms with Gasteiger partial charge < -0.3 is 10.8 Å². The molecule has 72 valence electrons. The summed E-state index contributed by atoms with van der Waals surface area (Å²) in [6.07, 6.45) is 0.838. The highest BCUT2D eigenvalue weighted by atomic mass is 16.3. The van der Waals surface area contributed by atoms with Gasteiger partial charge in [-0.15, -0.1) is 0 Å². The first-order valence-corrected chi connectivity index (χ1v) is 4.73. The highest BCUT2D eigenvalue weighted by molar-refractivity contribution is 5.93. The van der Waals surface area contributed by atoms with E-state index in [1.54, 1.807) is 0 Å². The van der Waals surface area contributed by atoms with Crippen molar-refractivity contribution in [2.75, 3.05) is 5.73 Å². The van der Waals surface area contributed by atoms with Crippen LogP contribution in [0.5, 0.6) is 5.75 Å². The molecule has 2 heteroatoms. The Balaban J connectivity index is 2.85. The van der Waals surface area contributed by atoms with Crippen molar-refractivity contribution in [1.29, 1.82) is 0 Å². The van der Waals surface area contributed by atoms with Crippen LogP contribution in [0.2, 0.25) is 0 Å². The molecule has 0 saturated carbocycles. The Morgan fingerprint density at radius 3 is 2.71 bits per heavy atom. The molecule has 0 aliphatic heterocycles. The lowest BCUT2D eigenvalue weighted by Gasteiger charge is -2.08. The van der Waals surface area contributed by atoms with Gasteiger partial charge in [0.05, 0.1) is 5.69 Å².